The Labute approximate surface area is 135 Å². The topological polar surface area (TPSA) is 81.6 Å². The van der Waals surface area contributed by atoms with Gasteiger partial charge in [0.2, 0.25) is 0 Å². The van der Waals surface area contributed by atoms with Gasteiger partial charge in [-0.15, -0.1) is 0 Å². The normalized spacial score (nSPS) is 11.0. The highest BCUT2D eigenvalue weighted by molar-refractivity contribution is 7.80. The Morgan fingerprint density at radius 3 is 2.14 bits per heavy atom. The number of ether oxygens (including phenoxy) is 1. The molecule has 118 valence electrons. The minimum Gasteiger partial charge on any atom is -0.459 e. The van der Waals surface area contributed by atoms with Gasteiger partial charge in [-0.3, -0.25) is 15.6 Å². The standard InChI is InChI=1S/C11H20N6O2S2/c1-8(18)19-7-9(13-15-11(21)17(4)5)6-12-14-10(20)16(2)3/h6H,7H2,1-5H3,(H,14,20)(H,15,21)/b12-6+,13-9-. The molecule has 0 heterocycles. The summed E-state index contributed by atoms with van der Waals surface area (Å²) in [5, 5.41) is 8.79. The van der Waals surface area contributed by atoms with Crippen LogP contribution in [0, 0.1) is 0 Å². The third kappa shape index (κ3) is 9.68. The summed E-state index contributed by atoms with van der Waals surface area (Å²) >= 11 is 10.0. The number of nitrogens with zero attached hydrogens (tertiary/aromatic N) is 4. The van der Waals surface area contributed by atoms with Crippen LogP contribution in [-0.4, -0.2) is 72.7 Å². The molecule has 0 fully saturated rings. The van der Waals surface area contributed by atoms with Gasteiger partial charge in [0.15, 0.2) is 10.2 Å². The maximum Gasteiger partial charge on any atom is 0.303 e. The van der Waals surface area contributed by atoms with Crippen LogP contribution < -0.4 is 10.9 Å². The Morgan fingerprint density at radius 1 is 1.14 bits per heavy atom. The molecule has 0 rings (SSSR count). The van der Waals surface area contributed by atoms with Crippen molar-refractivity contribution in [3.63, 3.8) is 0 Å². The third-order valence-electron chi connectivity index (χ3n) is 1.90. The van der Waals surface area contributed by atoms with Gasteiger partial charge in [0.05, 0.1) is 6.21 Å². The summed E-state index contributed by atoms with van der Waals surface area (Å²) in [6, 6.07) is 0. The summed E-state index contributed by atoms with van der Waals surface area (Å²) in [5.41, 5.74) is 5.68. The summed E-state index contributed by atoms with van der Waals surface area (Å²) in [6.07, 6.45) is 1.39. The minimum atomic E-state index is -0.414. The molecule has 0 saturated carbocycles. The van der Waals surface area contributed by atoms with Gasteiger partial charge in [0, 0.05) is 35.1 Å². The van der Waals surface area contributed by atoms with Crippen LogP contribution in [0.3, 0.4) is 0 Å². The van der Waals surface area contributed by atoms with Crippen LogP contribution >= 0.6 is 24.4 Å². The summed E-state index contributed by atoms with van der Waals surface area (Å²) in [5.74, 6) is -0.414. The lowest BCUT2D eigenvalue weighted by molar-refractivity contribution is -0.139. The first-order valence-corrected chi connectivity index (χ1v) is 6.73. The molecule has 0 saturated heterocycles. The van der Waals surface area contributed by atoms with Crippen molar-refractivity contribution in [2.45, 2.75) is 6.92 Å². The molecule has 21 heavy (non-hydrogen) atoms. The molecule has 0 bridgehead atoms. The van der Waals surface area contributed by atoms with Crippen molar-refractivity contribution in [2.75, 3.05) is 34.8 Å². The van der Waals surface area contributed by atoms with Crippen LogP contribution in [0.25, 0.3) is 0 Å². The molecule has 0 aliphatic heterocycles. The van der Waals surface area contributed by atoms with E-state index in [-0.39, 0.29) is 6.61 Å². The quantitative estimate of drug-likeness (QED) is 0.309. The molecule has 2 N–H and O–H groups in total. The molecule has 0 spiro atoms. The van der Waals surface area contributed by atoms with Crippen LogP contribution in [0.2, 0.25) is 0 Å². The molecule has 10 heteroatoms. The molecule has 0 aliphatic carbocycles. The average molecular weight is 332 g/mol. The van der Waals surface area contributed by atoms with Crippen LogP contribution in [0.15, 0.2) is 10.2 Å². The second-order valence-corrected chi connectivity index (χ2v) is 5.04. The highest BCUT2D eigenvalue weighted by Gasteiger charge is 2.02. The molecule has 0 amide bonds. The molecular formula is C11H20N6O2S2. The van der Waals surface area contributed by atoms with Crippen molar-refractivity contribution in [2.24, 2.45) is 10.2 Å². The van der Waals surface area contributed by atoms with Crippen molar-refractivity contribution in [3.8, 4) is 0 Å². The maximum absolute atomic E-state index is 10.8. The lowest BCUT2D eigenvalue weighted by Gasteiger charge is -2.13. The van der Waals surface area contributed by atoms with E-state index in [1.807, 2.05) is 0 Å². The lowest BCUT2D eigenvalue weighted by Crippen LogP contribution is -2.33. The number of carbonyl (C=O) groups excluding carboxylic acids is 1. The number of hydrogen-bond donors (Lipinski definition) is 2. The monoisotopic (exact) mass is 332 g/mol. The lowest BCUT2D eigenvalue weighted by atomic mass is 10.4. The van der Waals surface area contributed by atoms with E-state index in [9.17, 15) is 4.79 Å². The van der Waals surface area contributed by atoms with E-state index >= 15 is 0 Å². The zero-order chi connectivity index (χ0) is 16.4. The fourth-order valence-electron chi connectivity index (χ4n) is 0.756. The van der Waals surface area contributed by atoms with Crippen LogP contribution in [-0.2, 0) is 9.53 Å². The van der Waals surface area contributed by atoms with Crippen LogP contribution in [0.5, 0.6) is 0 Å². The van der Waals surface area contributed by atoms with E-state index < -0.39 is 5.97 Å². The fraction of sp³-hybridized carbons (Fsp3) is 0.545. The SMILES string of the molecule is CC(=O)OCC(/C=N/NC(=S)N(C)C)=N\NC(=S)N(C)C. The maximum atomic E-state index is 10.8. The number of thiocarbonyl (C=S) groups is 2. The number of rotatable bonds is 5. The van der Waals surface area contributed by atoms with Gasteiger partial charge in [0.1, 0.15) is 12.3 Å². The summed E-state index contributed by atoms with van der Waals surface area (Å²) in [7, 11) is 7.13. The van der Waals surface area contributed by atoms with Crippen LogP contribution in [0.4, 0.5) is 0 Å². The van der Waals surface area contributed by atoms with Gasteiger partial charge < -0.3 is 14.5 Å². The van der Waals surface area contributed by atoms with Crippen LogP contribution in [0.1, 0.15) is 6.92 Å². The Bertz CT molecular complexity index is 448. The number of hydrogen-bond acceptors (Lipinski definition) is 6. The first-order chi connectivity index (χ1) is 9.73. The first-order valence-electron chi connectivity index (χ1n) is 5.91. The number of carbonyl (C=O) groups is 1. The largest absolute Gasteiger partial charge is 0.459 e. The number of nitrogens with one attached hydrogen (secondary N) is 2. The van der Waals surface area contributed by atoms with Crippen molar-refractivity contribution >= 4 is 52.6 Å². The molecule has 0 aromatic carbocycles. The van der Waals surface area contributed by atoms with Gasteiger partial charge in [0.25, 0.3) is 0 Å². The Hall–Kier alpha value is -1.81. The molecule has 0 aliphatic rings. The Balaban J connectivity index is 4.69. The van der Waals surface area contributed by atoms with Crippen molar-refractivity contribution in [1.82, 2.24) is 20.7 Å². The predicted molar refractivity (Wildman–Crippen MR) is 91.4 cm³/mol. The first kappa shape index (κ1) is 19.2. The van der Waals surface area contributed by atoms with E-state index in [4.69, 9.17) is 29.2 Å². The highest BCUT2D eigenvalue weighted by atomic mass is 32.1. The van der Waals surface area contributed by atoms with Gasteiger partial charge >= 0.3 is 5.97 Å². The molecule has 0 aromatic heterocycles. The smallest absolute Gasteiger partial charge is 0.303 e. The van der Waals surface area contributed by atoms with Crippen molar-refractivity contribution in [1.29, 1.82) is 0 Å². The molecule has 0 radical (unpaired) electrons. The number of hydrazone groups is 2. The van der Waals surface area contributed by atoms with Gasteiger partial charge in [-0.1, -0.05) is 0 Å². The average Bonchev–Trinajstić information content (AvgIpc) is 2.39. The van der Waals surface area contributed by atoms with E-state index in [1.54, 1.807) is 38.0 Å². The molecule has 8 nitrogen and oxygen atoms in total. The molecule has 0 aromatic rings. The van der Waals surface area contributed by atoms with Gasteiger partial charge in [-0.25, -0.2) is 0 Å². The Morgan fingerprint density at radius 2 is 1.67 bits per heavy atom. The summed E-state index contributed by atoms with van der Waals surface area (Å²) in [6.45, 7) is 1.28. The second kappa shape index (κ2) is 10.00. The predicted octanol–water partition coefficient (Wildman–Crippen LogP) is -0.236. The molecule has 0 unspecified atom stereocenters. The minimum absolute atomic E-state index is 0.0295. The molecular weight excluding hydrogens is 312 g/mol. The summed E-state index contributed by atoms with van der Waals surface area (Å²) < 4.78 is 4.87. The van der Waals surface area contributed by atoms with E-state index in [2.05, 4.69) is 21.1 Å². The molecule has 0 atom stereocenters. The Kier molecular flexibility index (Phi) is 9.13. The summed E-state index contributed by atoms with van der Waals surface area (Å²) in [4.78, 5) is 14.2. The zero-order valence-electron chi connectivity index (χ0n) is 12.7. The zero-order valence-corrected chi connectivity index (χ0v) is 14.3. The van der Waals surface area contributed by atoms with Crippen molar-refractivity contribution in [3.05, 3.63) is 0 Å². The fourth-order valence-corrected chi connectivity index (χ4v) is 0.854. The van der Waals surface area contributed by atoms with E-state index in [0.29, 0.717) is 15.9 Å². The van der Waals surface area contributed by atoms with E-state index in [1.165, 1.54) is 13.1 Å². The van der Waals surface area contributed by atoms with Gasteiger partial charge in [-0.2, -0.15) is 10.2 Å². The second-order valence-electron chi connectivity index (χ2n) is 4.26. The van der Waals surface area contributed by atoms with Gasteiger partial charge in [-0.05, 0) is 24.4 Å². The third-order valence-corrected chi connectivity index (χ3v) is 2.82. The van der Waals surface area contributed by atoms with Crippen molar-refractivity contribution < 1.29 is 9.53 Å². The number of esters is 1. The van der Waals surface area contributed by atoms with E-state index in [0.717, 1.165) is 0 Å². The highest BCUT2D eigenvalue weighted by Crippen LogP contribution is 1.84.